The first-order valence-electron chi connectivity index (χ1n) is 14.9. The van der Waals surface area contributed by atoms with Crippen molar-refractivity contribution in [2.75, 3.05) is 19.4 Å². The Morgan fingerprint density at radius 1 is 0.814 bits per heavy atom. The number of aromatic nitrogens is 2. The Balaban J connectivity index is 1.46. The maximum absolute atomic E-state index is 13.3. The van der Waals surface area contributed by atoms with E-state index in [4.69, 9.17) is 13.8 Å². The van der Waals surface area contributed by atoms with Gasteiger partial charge in [0.15, 0.2) is 11.0 Å². The highest BCUT2D eigenvalue weighted by Gasteiger charge is 2.38. The third kappa shape index (κ3) is 6.59. The van der Waals surface area contributed by atoms with E-state index in [0.717, 1.165) is 28.2 Å². The lowest BCUT2D eigenvalue weighted by molar-refractivity contribution is -0.677. The number of imide groups is 1. The predicted octanol–water partition coefficient (Wildman–Crippen LogP) is 6.37. The second-order valence-electron chi connectivity index (χ2n) is 10.4. The average molecular weight is 605 g/mol. The molecule has 1 aliphatic rings. The van der Waals surface area contributed by atoms with Crippen LogP contribution in [0.4, 0.5) is 0 Å². The summed E-state index contributed by atoms with van der Waals surface area (Å²) in [6.07, 6.45) is 1.64. The van der Waals surface area contributed by atoms with Crippen LogP contribution in [0.1, 0.15) is 65.7 Å². The molecule has 9 nitrogen and oxygen atoms in total. The van der Waals surface area contributed by atoms with Crippen LogP contribution in [0.2, 0.25) is 0 Å². The molecule has 2 heterocycles. The molecule has 43 heavy (non-hydrogen) atoms. The van der Waals surface area contributed by atoms with E-state index in [2.05, 4.69) is 16.1 Å². The zero-order valence-corrected chi connectivity index (χ0v) is 25.9. The van der Waals surface area contributed by atoms with Gasteiger partial charge < -0.3 is 13.8 Å². The molecule has 2 amide bonds. The SMILES string of the molecule is CCOP(=O)(CCCCn1c(CN2C(=O)c3ccccc3C2=O)[n+](CC)c2ccc(OCc3ccccc3)cc21)OCC. The molecule has 4 aromatic rings. The van der Waals surface area contributed by atoms with Gasteiger partial charge in [-0.3, -0.25) is 19.1 Å². The van der Waals surface area contributed by atoms with Gasteiger partial charge in [-0.2, -0.15) is 0 Å². The van der Waals surface area contributed by atoms with E-state index in [0.29, 0.717) is 63.0 Å². The zero-order chi connectivity index (χ0) is 30.4. The van der Waals surface area contributed by atoms with E-state index in [1.807, 2.05) is 62.4 Å². The lowest BCUT2D eigenvalue weighted by Gasteiger charge is -2.16. The van der Waals surface area contributed by atoms with Crippen LogP contribution in [-0.2, 0) is 39.9 Å². The summed E-state index contributed by atoms with van der Waals surface area (Å²) in [5.41, 5.74) is 3.85. The number of fused-ring (bicyclic) bond motifs is 2. The number of carbonyl (C=O) groups excluding carboxylic acids is 2. The normalized spacial score (nSPS) is 13.2. The maximum atomic E-state index is 13.3. The van der Waals surface area contributed by atoms with Gasteiger partial charge in [0.05, 0.1) is 43.6 Å². The second kappa shape index (κ2) is 13.7. The Labute approximate surface area is 252 Å². The molecule has 0 aliphatic carbocycles. The number of hydrogen-bond acceptors (Lipinski definition) is 6. The number of rotatable bonds is 15. The van der Waals surface area contributed by atoms with E-state index in [9.17, 15) is 14.2 Å². The first-order chi connectivity index (χ1) is 20.9. The van der Waals surface area contributed by atoms with Crippen LogP contribution >= 0.6 is 7.60 Å². The molecule has 226 valence electrons. The highest BCUT2D eigenvalue weighted by molar-refractivity contribution is 7.53. The maximum Gasteiger partial charge on any atom is 0.330 e. The molecule has 1 aromatic heterocycles. The monoisotopic (exact) mass is 604 g/mol. The Morgan fingerprint density at radius 3 is 2.09 bits per heavy atom. The number of ether oxygens (including phenoxy) is 1. The van der Waals surface area contributed by atoms with Gasteiger partial charge in [0.25, 0.3) is 17.6 Å². The summed E-state index contributed by atoms with van der Waals surface area (Å²) in [5.74, 6) is 0.982. The highest BCUT2D eigenvalue weighted by Crippen LogP contribution is 2.48. The molecule has 0 N–H and O–H groups in total. The van der Waals surface area contributed by atoms with Gasteiger partial charge in [-0.1, -0.05) is 42.5 Å². The summed E-state index contributed by atoms with van der Waals surface area (Å²) < 4.78 is 34.5. The van der Waals surface area contributed by atoms with Gasteiger partial charge >= 0.3 is 7.60 Å². The van der Waals surface area contributed by atoms with Crippen molar-refractivity contribution in [1.82, 2.24) is 9.47 Å². The first kappa shape index (κ1) is 30.7. The number of amides is 2. The van der Waals surface area contributed by atoms with Crippen molar-refractivity contribution in [2.24, 2.45) is 0 Å². The van der Waals surface area contributed by atoms with Crippen LogP contribution in [0, 0.1) is 0 Å². The van der Waals surface area contributed by atoms with Gasteiger partial charge in [-0.15, -0.1) is 0 Å². The average Bonchev–Trinajstić information content (AvgIpc) is 3.44. The summed E-state index contributed by atoms with van der Waals surface area (Å²) in [5, 5.41) is 0. The molecule has 0 unspecified atom stereocenters. The molecule has 0 atom stereocenters. The van der Waals surface area contributed by atoms with Crippen LogP contribution in [0.25, 0.3) is 11.0 Å². The molecule has 1 aliphatic heterocycles. The minimum atomic E-state index is -3.15. The third-order valence-corrected chi connectivity index (χ3v) is 9.78. The number of hydrogen-bond donors (Lipinski definition) is 0. The summed E-state index contributed by atoms with van der Waals surface area (Å²) in [6.45, 7) is 8.12. The van der Waals surface area contributed by atoms with Crippen molar-refractivity contribution >= 4 is 30.4 Å². The smallest absolute Gasteiger partial charge is 0.330 e. The van der Waals surface area contributed by atoms with Crippen LogP contribution in [0.3, 0.4) is 0 Å². The molecule has 0 fully saturated rings. The van der Waals surface area contributed by atoms with Gasteiger partial charge in [0, 0.05) is 6.07 Å². The van der Waals surface area contributed by atoms with Crippen molar-refractivity contribution < 1.29 is 32.5 Å². The van der Waals surface area contributed by atoms with Gasteiger partial charge in [0.1, 0.15) is 18.9 Å². The van der Waals surface area contributed by atoms with Crippen molar-refractivity contribution in [2.45, 2.75) is 59.9 Å². The molecule has 0 saturated heterocycles. The fourth-order valence-electron chi connectivity index (χ4n) is 5.63. The van der Waals surface area contributed by atoms with Crippen molar-refractivity contribution in [3.63, 3.8) is 0 Å². The largest absolute Gasteiger partial charge is 0.489 e. The third-order valence-electron chi connectivity index (χ3n) is 7.61. The second-order valence-corrected chi connectivity index (χ2v) is 12.5. The van der Waals surface area contributed by atoms with E-state index in [-0.39, 0.29) is 18.4 Å². The molecule has 0 spiro atoms. The number of aryl methyl sites for hydroxylation is 2. The minimum Gasteiger partial charge on any atom is -0.489 e. The van der Waals surface area contributed by atoms with Gasteiger partial charge in [-0.05, 0) is 63.4 Å². The summed E-state index contributed by atoms with van der Waals surface area (Å²) in [6, 6.07) is 22.9. The predicted molar refractivity (Wildman–Crippen MR) is 164 cm³/mol. The lowest BCUT2D eigenvalue weighted by atomic mass is 10.1. The Morgan fingerprint density at radius 2 is 1.47 bits per heavy atom. The molecule has 5 rings (SSSR count). The van der Waals surface area contributed by atoms with Crippen LogP contribution in [0.5, 0.6) is 5.75 Å². The molecule has 3 aromatic carbocycles. The fraction of sp³-hybridized carbons (Fsp3) is 0.364. The van der Waals surface area contributed by atoms with Crippen LogP contribution < -0.4 is 9.30 Å². The Kier molecular flexibility index (Phi) is 9.76. The van der Waals surface area contributed by atoms with Crippen molar-refractivity contribution in [3.8, 4) is 5.75 Å². The number of carbonyl (C=O) groups is 2. The van der Waals surface area contributed by atoms with Gasteiger partial charge in [0.2, 0.25) is 0 Å². The van der Waals surface area contributed by atoms with E-state index in [1.165, 1.54) is 4.90 Å². The van der Waals surface area contributed by atoms with Crippen molar-refractivity contribution in [1.29, 1.82) is 0 Å². The van der Waals surface area contributed by atoms with Crippen molar-refractivity contribution in [3.05, 3.63) is 95.3 Å². The van der Waals surface area contributed by atoms with Crippen LogP contribution in [0.15, 0.2) is 72.8 Å². The minimum absolute atomic E-state index is 0.130. The molecule has 0 bridgehead atoms. The summed E-state index contributed by atoms with van der Waals surface area (Å²) in [4.78, 5) is 28.0. The topological polar surface area (TPSA) is 91.0 Å². The summed E-state index contributed by atoms with van der Waals surface area (Å²) >= 11 is 0. The molecular formula is C33H39N3O6P+. The number of benzene rings is 3. The number of nitrogens with zero attached hydrogens (tertiary/aromatic N) is 3. The zero-order valence-electron chi connectivity index (χ0n) is 25.0. The van der Waals surface area contributed by atoms with Gasteiger partial charge in [-0.25, -0.2) is 9.13 Å². The first-order valence-corrected chi connectivity index (χ1v) is 16.7. The highest BCUT2D eigenvalue weighted by atomic mass is 31.2. The lowest BCUT2D eigenvalue weighted by Crippen LogP contribution is -2.42. The number of unbranched alkanes of at least 4 members (excludes halogenated alkanes) is 1. The molecule has 0 radical (unpaired) electrons. The standard InChI is InChI=1S/C33H39N3O6P/c1-4-34-29-19-18-26(40-24-25-14-8-7-9-15-25)22-30(29)35(20-12-13-21-43(39,41-5-2)42-6-3)31(34)23-36-32(37)27-16-10-11-17-28(27)33(36)38/h7-11,14-19,22H,4-6,12-13,20-21,23-24H2,1-3H3/q+1. The Hall–Kier alpha value is -3.78. The van der Waals surface area contributed by atoms with Crippen LogP contribution in [-0.4, -0.2) is 40.7 Å². The van der Waals surface area contributed by atoms with E-state index in [1.54, 1.807) is 24.3 Å². The molecular weight excluding hydrogens is 565 g/mol. The fourth-order valence-corrected chi connectivity index (χ4v) is 7.36. The van der Waals surface area contributed by atoms with E-state index >= 15 is 0 Å². The molecule has 10 heteroatoms. The quantitative estimate of drug-likeness (QED) is 0.0678. The Bertz CT molecular complexity index is 1610. The number of imidazole rings is 1. The molecule has 0 saturated carbocycles. The van der Waals surface area contributed by atoms with E-state index < -0.39 is 7.60 Å². The summed E-state index contributed by atoms with van der Waals surface area (Å²) in [7, 11) is -3.15.